The van der Waals surface area contributed by atoms with E-state index in [9.17, 15) is 9.59 Å². The second kappa shape index (κ2) is 9.19. The average molecular weight is 508 g/mol. The summed E-state index contributed by atoms with van der Waals surface area (Å²) >= 11 is 0. The first-order chi connectivity index (χ1) is 17.4. The van der Waals surface area contributed by atoms with Gasteiger partial charge in [0.1, 0.15) is 16.9 Å². The van der Waals surface area contributed by atoms with Gasteiger partial charge in [-0.3, -0.25) is 4.68 Å². The van der Waals surface area contributed by atoms with E-state index in [1.165, 1.54) is 0 Å². The maximum atomic E-state index is 12.9. The number of ether oxygens (including phenoxy) is 2. The summed E-state index contributed by atoms with van der Waals surface area (Å²) < 4.78 is 15.1. The second-order valence-corrected chi connectivity index (χ2v) is 12.3. The van der Waals surface area contributed by atoms with Crippen LogP contribution in [-0.2, 0) is 9.47 Å². The first kappa shape index (κ1) is 25.3. The van der Waals surface area contributed by atoms with Crippen LogP contribution in [0, 0.1) is 5.92 Å². The molecule has 9 heteroatoms. The number of aromatic nitrogens is 4. The fourth-order valence-corrected chi connectivity index (χ4v) is 4.74. The molecule has 0 spiro atoms. The van der Waals surface area contributed by atoms with E-state index in [-0.39, 0.29) is 18.5 Å². The predicted octanol–water partition coefficient (Wildman–Crippen LogP) is 6.22. The van der Waals surface area contributed by atoms with Gasteiger partial charge in [0.25, 0.3) is 0 Å². The molecule has 0 N–H and O–H groups in total. The van der Waals surface area contributed by atoms with Crippen molar-refractivity contribution >= 4 is 23.1 Å². The van der Waals surface area contributed by atoms with Gasteiger partial charge in [-0.1, -0.05) is 18.2 Å². The van der Waals surface area contributed by atoms with Gasteiger partial charge in [0.15, 0.2) is 0 Å². The van der Waals surface area contributed by atoms with Crippen LogP contribution in [0.2, 0.25) is 0 Å². The summed E-state index contributed by atoms with van der Waals surface area (Å²) in [5.41, 5.74) is 1.79. The van der Waals surface area contributed by atoms with Crippen LogP contribution >= 0.6 is 0 Å². The third-order valence-electron chi connectivity index (χ3n) is 6.66. The topological polar surface area (TPSA) is 91.5 Å². The number of carbonyl (C=O) groups is 2. The maximum absolute atomic E-state index is 12.9. The van der Waals surface area contributed by atoms with Crippen LogP contribution in [0.1, 0.15) is 84.9 Å². The molecule has 2 heterocycles. The number of amides is 2. The molecule has 2 saturated carbocycles. The van der Waals surface area contributed by atoms with Gasteiger partial charge in [0.05, 0.1) is 29.6 Å². The molecule has 5 rings (SSSR count). The zero-order valence-corrected chi connectivity index (χ0v) is 22.6. The Balaban J connectivity index is 1.31. The molecule has 2 amide bonds. The Bertz CT molecular complexity index is 1270. The number of imide groups is 1. The molecule has 0 bridgehead atoms. The van der Waals surface area contributed by atoms with E-state index >= 15 is 0 Å². The predicted molar refractivity (Wildman–Crippen MR) is 140 cm³/mol. The van der Waals surface area contributed by atoms with E-state index in [0.29, 0.717) is 5.92 Å². The number of hydrogen-bond donors (Lipinski definition) is 0. The van der Waals surface area contributed by atoms with Crippen molar-refractivity contribution in [1.29, 1.82) is 0 Å². The summed E-state index contributed by atoms with van der Waals surface area (Å²) in [5, 5.41) is 10.8. The molecule has 0 atom stereocenters. The van der Waals surface area contributed by atoms with Crippen molar-refractivity contribution in [2.75, 3.05) is 6.54 Å². The third-order valence-corrected chi connectivity index (χ3v) is 6.66. The minimum absolute atomic E-state index is 0.146. The van der Waals surface area contributed by atoms with Gasteiger partial charge < -0.3 is 9.47 Å². The standard InChI is InChI=1S/C28H37N5O4/c1-27(2,3)36-25(34)31(26(35)37-28(4,5)6)16-18-13-21(14-18)32-17-23(24(30-32)19-11-12-19)33-22-10-8-7-9-20(22)15-29-33/h7-10,15,17-19,21H,11-14,16H2,1-6H3/t18-,21-. The molecule has 2 aromatic heterocycles. The molecule has 9 nitrogen and oxygen atoms in total. The summed E-state index contributed by atoms with van der Waals surface area (Å²) in [6.45, 7) is 11.0. The number of fused-ring (bicyclic) bond motifs is 1. The lowest BCUT2D eigenvalue weighted by molar-refractivity contribution is -0.00641. The number of rotatable bonds is 5. The maximum Gasteiger partial charge on any atom is 0.419 e. The molecule has 0 radical (unpaired) electrons. The minimum Gasteiger partial charge on any atom is -0.443 e. The largest absolute Gasteiger partial charge is 0.443 e. The summed E-state index contributed by atoms with van der Waals surface area (Å²) in [5.74, 6) is 0.623. The van der Waals surface area contributed by atoms with E-state index < -0.39 is 23.4 Å². The van der Waals surface area contributed by atoms with Gasteiger partial charge in [-0.05, 0) is 79.2 Å². The van der Waals surface area contributed by atoms with Crippen molar-refractivity contribution in [2.45, 2.75) is 90.4 Å². The molecule has 0 saturated heterocycles. The highest BCUT2D eigenvalue weighted by Crippen LogP contribution is 2.44. The molecule has 37 heavy (non-hydrogen) atoms. The van der Waals surface area contributed by atoms with Crippen molar-refractivity contribution in [3.05, 3.63) is 42.4 Å². The van der Waals surface area contributed by atoms with Gasteiger partial charge in [0, 0.05) is 17.8 Å². The lowest BCUT2D eigenvalue weighted by atomic mass is 9.80. The molecule has 0 unspecified atom stereocenters. The van der Waals surface area contributed by atoms with Gasteiger partial charge in [0.2, 0.25) is 0 Å². The molecule has 198 valence electrons. The van der Waals surface area contributed by atoms with Crippen LogP contribution in [0.15, 0.2) is 36.7 Å². The van der Waals surface area contributed by atoms with Gasteiger partial charge >= 0.3 is 12.2 Å². The number of nitrogens with zero attached hydrogens (tertiary/aromatic N) is 5. The Morgan fingerprint density at radius 2 is 1.62 bits per heavy atom. The fraction of sp³-hybridized carbons (Fsp3) is 0.571. The van der Waals surface area contributed by atoms with Gasteiger partial charge in [-0.25, -0.2) is 19.2 Å². The Morgan fingerprint density at radius 3 is 2.22 bits per heavy atom. The SMILES string of the molecule is CC(C)(C)OC(=O)N(C[C@H]1C[C@H](n2cc(-n3ncc4ccccc43)c(C3CC3)n2)C1)C(=O)OC(C)(C)C. The first-order valence-electron chi connectivity index (χ1n) is 13.1. The van der Waals surface area contributed by atoms with Crippen LogP contribution in [0.3, 0.4) is 0 Å². The highest BCUT2D eigenvalue weighted by atomic mass is 16.6. The summed E-state index contributed by atoms with van der Waals surface area (Å²) in [6, 6.07) is 8.40. The Hall–Kier alpha value is -3.36. The fourth-order valence-electron chi connectivity index (χ4n) is 4.74. The van der Waals surface area contributed by atoms with Gasteiger partial charge in [-0.2, -0.15) is 10.2 Å². The van der Waals surface area contributed by atoms with Crippen LogP contribution in [0.4, 0.5) is 9.59 Å². The highest BCUT2D eigenvalue weighted by molar-refractivity contribution is 5.88. The average Bonchev–Trinajstić information content (AvgIpc) is 3.36. The molecule has 2 aliphatic carbocycles. The summed E-state index contributed by atoms with van der Waals surface area (Å²) in [7, 11) is 0. The number of carbonyl (C=O) groups excluding carboxylic acids is 2. The summed E-state index contributed by atoms with van der Waals surface area (Å²) in [4.78, 5) is 26.8. The monoisotopic (exact) mass is 507 g/mol. The van der Waals surface area contributed by atoms with Crippen LogP contribution < -0.4 is 0 Å². The van der Waals surface area contributed by atoms with Crippen molar-refractivity contribution in [3.8, 4) is 5.69 Å². The van der Waals surface area contributed by atoms with Crippen molar-refractivity contribution in [1.82, 2.24) is 24.5 Å². The van der Waals surface area contributed by atoms with Crippen LogP contribution in [0.5, 0.6) is 0 Å². The van der Waals surface area contributed by atoms with E-state index in [0.717, 1.165) is 52.9 Å². The van der Waals surface area contributed by atoms with Crippen molar-refractivity contribution < 1.29 is 19.1 Å². The Morgan fingerprint density at radius 1 is 1.00 bits per heavy atom. The van der Waals surface area contributed by atoms with Crippen LogP contribution in [-0.4, -0.2) is 54.4 Å². The summed E-state index contributed by atoms with van der Waals surface area (Å²) in [6.07, 6.45) is 6.58. The van der Waals surface area contributed by atoms with E-state index in [2.05, 4.69) is 28.1 Å². The van der Waals surface area contributed by atoms with E-state index in [4.69, 9.17) is 14.6 Å². The number of para-hydroxylation sites is 1. The molecule has 0 aliphatic heterocycles. The quantitative estimate of drug-likeness (QED) is 0.407. The number of hydrogen-bond acceptors (Lipinski definition) is 6. The Labute approximate surface area is 217 Å². The molecule has 3 aromatic rings. The molecule has 2 aliphatic rings. The molecule has 1 aromatic carbocycles. The number of benzene rings is 1. The van der Waals surface area contributed by atoms with E-state index in [1.807, 2.05) is 23.0 Å². The smallest absolute Gasteiger partial charge is 0.419 e. The second-order valence-electron chi connectivity index (χ2n) is 12.3. The third kappa shape index (κ3) is 5.65. The van der Waals surface area contributed by atoms with Gasteiger partial charge in [-0.15, -0.1) is 0 Å². The Kier molecular flexibility index (Phi) is 6.28. The minimum atomic E-state index is -0.708. The van der Waals surface area contributed by atoms with Crippen LogP contribution in [0.25, 0.3) is 16.6 Å². The lowest BCUT2D eigenvalue weighted by Gasteiger charge is -2.38. The zero-order valence-electron chi connectivity index (χ0n) is 22.6. The van der Waals surface area contributed by atoms with E-state index in [1.54, 1.807) is 41.5 Å². The lowest BCUT2D eigenvalue weighted by Crippen LogP contribution is -2.47. The molecule has 2 fully saturated rings. The zero-order chi connectivity index (χ0) is 26.5. The van der Waals surface area contributed by atoms with Crippen molar-refractivity contribution in [3.63, 3.8) is 0 Å². The highest BCUT2D eigenvalue weighted by Gasteiger charge is 2.39. The molecular weight excluding hydrogens is 470 g/mol. The normalized spacial score (nSPS) is 19.9. The van der Waals surface area contributed by atoms with Crippen molar-refractivity contribution in [2.24, 2.45) is 5.92 Å². The first-order valence-corrected chi connectivity index (χ1v) is 13.1. The molecular formula is C28H37N5O4.